The molecule has 0 spiro atoms. The van der Waals surface area contributed by atoms with Crippen LogP contribution in [0.2, 0.25) is 0 Å². The van der Waals surface area contributed by atoms with Crippen molar-refractivity contribution in [2.24, 2.45) is 0 Å². The fraction of sp³-hybridized carbons (Fsp3) is 0.417. The molecule has 2 N–H and O–H groups in total. The Balaban J connectivity index is 2.00. The van der Waals surface area contributed by atoms with Crippen LogP contribution in [0.3, 0.4) is 0 Å². The summed E-state index contributed by atoms with van der Waals surface area (Å²) in [6.07, 6.45) is 0.965. The molecule has 1 aromatic carbocycles. The van der Waals surface area contributed by atoms with Crippen molar-refractivity contribution in [1.29, 1.82) is 0 Å². The number of benzene rings is 1. The number of amides is 1. The standard InChI is InChI=1S/C12H18N2O/c1-11(15)14-9-5-8-13-10-12-6-3-2-4-7-12/h2-4,6-7,13H,5,8-10H2,1H3,(H,14,15). The number of carbonyl (C=O) groups excluding carboxylic acids is 1. The van der Waals surface area contributed by atoms with Gasteiger partial charge >= 0.3 is 0 Å². The van der Waals surface area contributed by atoms with Gasteiger partial charge < -0.3 is 10.6 Å². The van der Waals surface area contributed by atoms with Gasteiger partial charge in [-0.3, -0.25) is 4.79 Å². The highest BCUT2D eigenvalue weighted by Crippen LogP contribution is 1.96. The Labute approximate surface area is 90.9 Å². The second-order valence-electron chi connectivity index (χ2n) is 3.50. The maximum Gasteiger partial charge on any atom is 0.216 e. The summed E-state index contributed by atoms with van der Waals surface area (Å²) in [5, 5.41) is 6.09. The molecular weight excluding hydrogens is 188 g/mol. The third-order valence-corrected chi connectivity index (χ3v) is 2.08. The summed E-state index contributed by atoms with van der Waals surface area (Å²) in [5.41, 5.74) is 1.29. The summed E-state index contributed by atoms with van der Waals surface area (Å²) in [6, 6.07) is 10.3. The minimum absolute atomic E-state index is 0.0399. The Morgan fingerprint density at radius 3 is 2.60 bits per heavy atom. The van der Waals surface area contributed by atoms with Gasteiger partial charge in [-0.2, -0.15) is 0 Å². The second-order valence-corrected chi connectivity index (χ2v) is 3.50. The molecule has 15 heavy (non-hydrogen) atoms. The van der Waals surface area contributed by atoms with E-state index in [-0.39, 0.29) is 5.91 Å². The van der Waals surface area contributed by atoms with Crippen LogP contribution in [-0.2, 0) is 11.3 Å². The lowest BCUT2D eigenvalue weighted by Crippen LogP contribution is -2.24. The lowest BCUT2D eigenvalue weighted by atomic mass is 10.2. The molecule has 82 valence electrons. The first-order valence-corrected chi connectivity index (χ1v) is 5.28. The van der Waals surface area contributed by atoms with Crippen molar-refractivity contribution in [3.05, 3.63) is 35.9 Å². The van der Waals surface area contributed by atoms with E-state index in [0.717, 1.165) is 26.1 Å². The average Bonchev–Trinajstić information content (AvgIpc) is 2.24. The molecule has 0 bridgehead atoms. The van der Waals surface area contributed by atoms with E-state index in [9.17, 15) is 4.79 Å². The molecule has 0 aromatic heterocycles. The molecule has 0 atom stereocenters. The number of carbonyl (C=O) groups is 1. The van der Waals surface area contributed by atoms with Crippen LogP contribution in [0, 0.1) is 0 Å². The molecule has 1 aromatic rings. The fourth-order valence-corrected chi connectivity index (χ4v) is 1.31. The average molecular weight is 206 g/mol. The van der Waals surface area contributed by atoms with Gasteiger partial charge in [0, 0.05) is 20.0 Å². The predicted molar refractivity (Wildman–Crippen MR) is 61.4 cm³/mol. The van der Waals surface area contributed by atoms with E-state index in [2.05, 4.69) is 22.8 Å². The number of rotatable bonds is 6. The van der Waals surface area contributed by atoms with Crippen LogP contribution in [0.4, 0.5) is 0 Å². The maximum absolute atomic E-state index is 10.6. The van der Waals surface area contributed by atoms with E-state index >= 15 is 0 Å². The zero-order chi connectivity index (χ0) is 10.9. The molecular formula is C12H18N2O. The molecule has 0 aliphatic rings. The molecule has 0 fully saturated rings. The minimum Gasteiger partial charge on any atom is -0.356 e. The van der Waals surface area contributed by atoms with Gasteiger partial charge in [0.25, 0.3) is 0 Å². The van der Waals surface area contributed by atoms with Gasteiger partial charge in [0.05, 0.1) is 0 Å². The Kier molecular flexibility index (Phi) is 5.48. The van der Waals surface area contributed by atoms with Crippen molar-refractivity contribution in [1.82, 2.24) is 10.6 Å². The summed E-state index contributed by atoms with van der Waals surface area (Å²) in [5.74, 6) is 0.0399. The van der Waals surface area contributed by atoms with Crippen LogP contribution >= 0.6 is 0 Å². The van der Waals surface area contributed by atoms with Crippen LogP contribution < -0.4 is 10.6 Å². The van der Waals surface area contributed by atoms with E-state index < -0.39 is 0 Å². The van der Waals surface area contributed by atoms with Gasteiger partial charge in [-0.05, 0) is 18.5 Å². The zero-order valence-corrected chi connectivity index (χ0v) is 9.12. The first-order chi connectivity index (χ1) is 7.29. The minimum atomic E-state index is 0.0399. The van der Waals surface area contributed by atoms with Crippen molar-refractivity contribution in [3.63, 3.8) is 0 Å². The highest BCUT2D eigenvalue weighted by Gasteiger charge is 1.92. The largest absolute Gasteiger partial charge is 0.356 e. The summed E-state index contributed by atoms with van der Waals surface area (Å²) in [4.78, 5) is 10.6. The third-order valence-electron chi connectivity index (χ3n) is 2.08. The van der Waals surface area contributed by atoms with Gasteiger partial charge in [0.2, 0.25) is 5.91 Å². The van der Waals surface area contributed by atoms with Crippen LogP contribution in [0.25, 0.3) is 0 Å². The van der Waals surface area contributed by atoms with Gasteiger partial charge in [0.15, 0.2) is 0 Å². The van der Waals surface area contributed by atoms with Crippen LogP contribution in [0.1, 0.15) is 18.9 Å². The molecule has 3 nitrogen and oxygen atoms in total. The SMILES string of the molecule is CC(=O)NCCCNCc1ccccc1. The number of hydrogen-bond acceptors (Lipinski definition) is 2. The van der Waals surface area contributed by atoms with Crippen molar-refractivity contribution in [3.8, 4) is 0 Å². The zero-order valence-electron chi connectivity index (χ0n) is 9.12. The van der Waals surface area contributed by atoms with E-state index in [0.29, 0.717) is 0 Å². The summed E-state index contributed by atoms with van der Waals surface area (Å²) < 4.78 is 0. The monoisotopic (exact) mass is 206 g/mol. The molecule has 0 unspecified atom stereocenters. The van der Waals surface area contributed by atoms with Crippen LogP contribution in [0.15, 0.2) is 30.3 Å². The van der Waals surface area contributed by atoms with Gasteiger partial charge in [0.1, 0.15) is 0 Å². The number of hydrogen-bond donors (Lipinski definition) is 2. The van der Waals surface area contributed by atoms with Gasteiger partial charge in [-0.1, -0.05) is 30.3 Å². The molecule has 0 aliphatic carbocycles. The number of nitrogens with one attached hydrogen (secondary N) is 2. The van der Waals surface area contributed by atoms with Gasteiger partial charge in [-0.15, -0.1) is 0 Å². The van der Waals surface area contributed by atoms with Gasteiger partial charge in [-0.25, -0.2) is 0 Å². The highest BCUT2D eigenvalue weighted by molar-refractivity contribution is 5.72. The van der Waals surface area contributed by atoms with E-state index in [1.807, 2.05) is 18.2 Å². The van der Waals surface area contributed by atoms with Crippen molar-refractivity contribution < 1.29 is 4.79 Å². The highest BCUT2D eigenvalue weighted by atomic mass is 16.1. The van der Waals surface area contributed by atoms with Crippen molar-refractivity contribution in [2.75, 3.05) is 13.1 Å². The summed E-state index contributed by atoms with van der Waals surface area (Å²) >= 11 is 0. The molecule has 0 heterocycles. The smallest absolute Gasteiger partial charge is 0.216 e. The van der Waals surface area contributed by atoms with Crippen LogP contribution in [0.5, 0.6) is 0 Å². The topological polar surface area (TPSA) is 41.1 Å². The molecule has 0 saturated heterocycles. The van der Waals surface area contributed by atoms with Crippen molar-refractivity contribution in [2.45, 2.75) is 19.9 Å². The second kappa shape index (κ2) is 7.01. The molecule has 1 amide bonds. The molecule has 3 heteroatoms. The quantitative estimate of drug-likeness (QED) is 0.689. The van der Waals surface area contributed by atoms with E-state index in [4.69, 9.17) is 0 Å². The molecule has 0 aliphatic heterocycles. The normalized spacial score (nSPS) is 9.93. The lowest BCUT2D eigenvalue weighted by Gasteiger charge is -2.05. The first kappa shape index (κ1) is 11.7. The third kappa shape index (κ3) is 5.86. The van der Waals surface area contributed by atoms with E-state index in [1.165, 1.54) is 12.5 Å². The van der Waals surface area contributed by atoms with Crippen molar-refractivity contribution >= 4 is 5.91 Å². The molecule has 0 radical (unpaired) electrons. The lowest BCUT2D eigenvalue weighted by molar-refractivity contribution is -0.118. The maximum atomic E-state index is 10.6. The molecule has 0 saturated carbocycles. The van der Waals surface area contributed by atoms with Crippen LogP contribution in [-0.4, -0.2) is 19.0 Å². The summed E-state index contributed by atoms with van der Waals surface area (Å²) in [7, 11) is 0. The Bertz CT molecular complexity index is 285. The van der Waals surface area contributed by atoms with E-state index in [1.54, 1.807) is 0 Å². The first-order valence-electron chi connectivity index (χ1n) is 5.28. The Morgan fingerprint density at radius 2 is 1.93 bits per heavy atom. The Morgan fingerprint density at radius 1 is 1.20 bits per heavy atom. The predicted octanol–water partition coefficient (Wildman–Crippen LogP) is 1.30. The Hall–Kier alpha value is -1.35. The molecule has 1 rings (SSSR count). The summed E-state index contributed by atoms with van der Waals surface area (Å²) in [6.45, 7) is 4.10. The fourth-order valence-electron chi connectivity index (χ4n) is 1.31.